The lowest BCUT2D eigenvalue weighted by Crippen LogP contribution is -2.20. The second kappa shape index (κ2) is 9.18. The van der Waals surface area contributed by atoms with Gasteiger partial charge in [-0.25, -0.2) is 4.98 Å². The van der Waals surface area contributed by atoms with Crippen molar-refractivity contribution in [3.63, 3.8) is 0 Å². The zero-order chi connectivity index (χ0) is 26.4. The highest BCUT2D eigenvalue weighted by molar-refractivity contribution is 6.31. The summed E-state index contributed by atoms with van der Waals surface area (Å²) in [5.74, 6) is 0.698. The Bertz CT molecular complexity index is 1990. The van der Waals surface area contributed by atoms with Crippen molar-refractivity contribution >= 4 is 39.7 Å². The van der Waals surface area contributed by atoms with Crippen LogP contribution in [0.5, 0.6) is 0 Å². The molecule has 0 bridgehead atoms. The molecule has 0 atom stereocenters. The Hall–Kier alpha value is -4.93. The zero-order valence-electron chi connectivity index (χ0n) is 20.5. The van der Waals surface area contributed by atoms with Crippen molar-refractivity contribution in [2.24, 2.45) is 5.10 Å². The molecule has 3 heterocycles. The van der Waals surface area contributed by atoms with Crippen LogP contribution in [0.25, 0.3) is 39.1 Å². The van der Waals surface area contributed by atoms with Crippen LogP contribution in [-0.4, -0.2) is 20.4 Å². The molecule has 38 heavy (non-hydrogen) atoms. The lowest BCUT2D eigenvalue weighted by Gasteiger charge is -2.09. The van der Waals surface area contributed by atoms with Gasteiger partial charge in [0.15, 0.2) is 5.76 Å². The number of aryl methyl sites for hydroxylation is 1. The van der Waals surface area contributed by atoms with E-state index in [0.29, 0.717) is 32.8 Å². The maximum absolute atomic E-state index is 13.6. The largest absolute Gasteiger partial charge is 0.453 e. The SMILES string of the molecule is Cc1cc(C=Nn2c(-c3cc4cc(Cl)ccc4o3)nc3ccccc3c2=O)c(C)n1-c1ccc(C#N)cc1. The minimum Gasteiger partial charge on any atom is -0.453 e. The number of hydrogen-bond acceptors (Lipinski definition) is 5. The molecule has 7 nitrogen and oxygen atoms in total. The monoisotopic (exact) mass is 517 g/mol. The van der Waals surface area contributed by atoms with Crippen molar-refractivity contribution in [1.82, 2.24) is 14.2 Å². The molecule has 0 N–H and O–H groups in total. The Morgan fingerprint density at radius 2 is 1.82 bits per heavy atom. The normalized spacial score (nSPS) is 11.5. The Kier molecular flexibility index (Phi) is 5.67. The van der Waals surface area contributed by atoms with Crippen molar-refractivity contribution in [3.8, 4) is 23.3 Å². The molecular weight excluding hydrogens is 498 g/mol. The molecule has 0 fully saturated rings. The minimum atomic E-state index is -0.304. The van der Waals surface area contributed by atoms with Gasteiger partial charge in [0.05, 0.1) is 28.8 Å². The summed E-state index contributed by atoms with van der Waals surface area (Å²) in [7, 11) is 0. The number of furan rings is 1. The lowest BCUT2D eigenvalue weighted by molar-refractivity contribution is 0.616. The summed E-state index contributed by atoms with van der Waals surface area (Å²) in [5.41, 5.74) is 5.19. The summed E-state index contributed by atoms with van der Waals surface area (Å²) in [6.45, 7) is 3.98. The second-order valence-electron chi connectivity index (χ2n) is 8.93. The summed E-state index contributed by atoms with van der Waals surface area (Å²) in [6.07, 6.45) is 1.66. The molecule has 6 aromatic rings. The van der Waals surface area contributed by atoms with Gasteiger partial charge >= 0.3 is 0 Å². The van der Waals surface area contributed by atoms with Crippen LogP contribution in [0.4, 0.5) is 0 Å². The number of benzene rings is 3. The predicted molar refractivity (Wildman–Crippen MR) is 149 cm³/mol. The molecule has 184 valence electrons. The maximum atomic E-state index is 13.6. The number of halogens is 1. The number of fused-ring (bicyclic) bond motifs is 2. The Morgan fingerprint density at radius 3 is 2.61 bits per heavy atom. The van der Waals surface area contributed by atoms with E-state index < -0.39 is 0 Å². The van der Waals surface area contributed by atoms with Gasteiger partial charge in [0, 0.05) is 33.0 Å². The van der Waals surface area contributed by atoms with E-state index in [9.17, 15) is 4.79 Å². The quantitative estimate of drug-likeness (QED) is 0.246. The number of nitriles is 1. The van der Waals surface area contributed by atoms with Crippen LogP contribution in [0.3, 0.4) is 0 Å². The van der Waals surface area contributed by atoms with Gasteiger partial charge in [-0.1, -0.05) is 23.7 Å². The molecule has 0 saturated carbocycles. The summed E-state index contributed by atoms with van der Waals surface area (Å²) in [6, 6.07) is 25.8. The fourth-order valence-corrected chi connectivity index (χ4v) is 4.82. The summed E-state index contributed by atoms with van der Waals surface area (Å²) < 4.78 is 9.40. The molecule has 3 aromatic carbocycles. The van der Waals surface area contributed by atoms with Gasteiger partial charge in [-0.2, -0.15) is 15.0 Å². The molecule has 0 aliphatic rings. The van der Waals surface area contributed by atoms with Crippen molar-refractivity contribution in [2.75, 3.05) is 0 Å². The van der Waals surface area contributed by atoms with Crippen LogP contribution in [-0.2, 0) is 0 Å². The first-order valence-electron chi connectivity index (χ1n) is 11.9. The van der Waals surface area contributed by atoms with Crippen molar-refractivity contribution in [3.05, 3.63) is 117 Å². The molecular formula is C30H20ClN5O2. The topological polar surface area (TPSA) is 89.1 Å². The van der Waals surface area contributed by atoms with Gasteiger partial charge in [0.2, 0.25) is 5.82 Å². The average Bonchev–Trinajstić information content (AvgIpc) is 3.47. The van der Waals surface area contributed by atoms with Crippen LogP contribution in [0.2, 0.25) is 5.02 Å². The molecule has 0 amide bonds. The second-order valence-corrected chi connectivity index (χ2v) is 9.36. The van der Waals surface area contributed by atoms with Crippen LogP contribution < -0.4 is 5.56 Å². The van der Waals surface area contributed by atoms with Crippen LogP contribution in [0.1, 0.15) is 22.5 Å². The van der Waals surface area contributed by atoms with Gasteiger partial charge < -0.3 is 8.98 Å². The molecule has 6 rings (SSSR count). The number of rotatable bonds is 4. The first-order valence-corrected chi connectivity index (χ1v) is 12.3. The smallest absolute Gasteiger partial charge is 0.282 e. The number of aromatic nitrogens is 3. The summed E-state index contributed by atoms with van der Waals surface area (Å²) >= 11 is 6.16. The molecule has 0 radical (unpaired) electrons. The van der Waals surface area contributed by atoms with E-state index in [4.69, 9.17) is 26.3 Å². The third-order valence-electron chi connectivity index (χ3n) is 6.49. The van der Waals surface area contributed by atoms with E-state index in [-0.39, 0.29) is 11.4 Å². The van der Waals surface area contributed by atoms with Crippen molar-refractivity contribution in [1.29, 1.82) is 5.26 Å². The van der Waals surface area contributed by atoms with Crippen LogP contribution >= 0.6 is 11.6 Å². The van der Waals surface area contributed by atoms with E-state index >= 15 is 0 Å². The molecule has 0 spiro atoms. The minimum absolute atomic E-state index is 0.290. The fourth-order valence-electron chi connectivity index (χ4n) is 4.64. The number of para-hydroxylation sites is 1. The standard InChI is InChI=1S/C30H20ClN5O2/c1-18-13-22(19(2)35(18)24-10-7-20(16-32)8-11-24)17-33-36-29(34-26-6-4-3-5-25(26)30(36)37)28-15-21-14-23(31)9-12-27(21)38-28/h3-15,17H,1-2H3. The Labute approximate surface area is 222 Å². The lowest BCUT2D eigenvalue weighted by atomic mass is 10.2. The predicted octanol–water partition coefficient (Wildman–Crippen LogP) is 6.62. The molecule has 3 aromatic heterocycles. The third kappa shape index (κ3) is 3.97. The highest BCUT2D eigenvalue weighted by atomic mass is 35.5. The summed E-state index contributed by atoms with van der Waals surface area (Å²) in [4.78, 5) is 18.3. The van der Waals surface area contributed by atoms with E-state index in [1.807, 2.05) is 38.1 Å². The summed E-state index contributed by atoms with van der Waals surface area (Å²) in [5, 5.41) is 15.6. The first kappa shape index (κ1) is 23.5. The molecule has 0 aliphatic heterocycles. The van der Waals surface area contributed by atoms with E-state index in [1.165, 1.54) is 4.68 Å². The van der Waals surface area contributed by atoms with E-state index in [1.54, 1.807) is 60.8 Å². The van der Waals surface area contributed by atoms with Crippen molar-refractivity contribution in [2.45, 2.75) is 13.8 Å². The Balaban J connectivity index is 1.49. The number of nitrogens with zero attached hydrogens (tertiary/aromatic N) is 5. The molecule has 0 saturated heterocycles. The van der Waals surface area contributed by atoms with Crippen LogP contribution in [0, 0.1) is 25.2 Å². The Morgan fingerprint density at radius 1 is 1.03 bits per heavy atom. The highest BCUT2D eigenvalue weighted by Gasteiger charge is 2.17. The molecule has 0 unspecified atom stereocenters. The van der Waals surface area contributed by atoms with Crippen molar-refractivity contribution < 1.29 is 4.42 Å². The van der Waals surface area contributed by atoms with Gasteiger partial charge in [-0.05, 0) is 80.6 Å². The molecule has 0 aliphatic carbocycles. The fraction of sp³-hybridized carbons (Fsp3) is 0.0667. The van der Waals surface area contributed by atoms with E-state index in [0.717, 1.165) is 28.0 Å². The number of hydrogen-bond donors (Lipinski definition) is 0. The average molecular weight is 518 g/mol. The van der Waals surface area contributed by atoms with Crippen LogP contribution in [0.15, 0.2) is 93.2 Å². The zero-order valence-corrected chi connectivity index (χ0v) is 21.3. The van der Waals surface area contributed by atoms with E-state index in [2.05, 4.69) is 15.7 Å². The highest BCUT2D eigenvalue weighted by Crippen LogP contribution is 2.29. The molecule has 8 heteroatoms. The third-order valence-corrected chi connectivity index (χ3v) is 6.72. The van der Waals surface area contributed by atoms with Gasteiger partial charge in [-0.3, -0.25) is 4.79 Å². The van der Waals surface area contributed by atoms with Gasteiger partial charge in [-0.15, -0.1) is 0 Å². The van der Waals surface area contributed by atoms with Gasteiger partial charge in [0.25, 0.3) is 5.56 Å². The first-order chi connectivity index (χ1) is 18.4. The van der Waals surface area contributed by atoms with Gasteiger partial charge in [0.1, 0.15) is 5.58 Å². The maximum Gasteiger partial charge on any atom is 0.282 e.